The van der Waals surface area contributed by atoms with E-state index in [4.69, 9.17) is 10.2 Å². The van der Waals surface area contributed by atoms with Gasteiger partial charge in [0.05, 0.1) is 33.5 Å². The monoisotopic (exact) mass is 523 g/mol. The van der Waals surface area contributed by atoms with Crippen LogP contribution in [0.25, 0.3) is 44.6 Å². The number of fused-ring (bicyclic) bond motifs is 2. The second kappa shape index (κ2) is 10.2. The van der Waals surface area contributed by atoms with Gasteiger partial charge in [0.2, 0.25) is 5.82 Å². The molecule has 1 N–H and O–H groups in total. The van der Waals surface area contributed by atoms with E-state index in [-0.39, 0.29) is 5.82 Å². The Hall–Kier alpha value is -5.20. The van der Waals surface area contributed by atoms with Crippen LogP contribution in [-0.4, -0.2) is 61.0 Å². The number of H-pyrrole nitrogens is 1. The van der Waals surface area contributed by atoms with Crippen molar-refractivity contribution in [2.75, 3.05) is 31.1 Å². The minimum Gasteiger partial charge on any atom is -0.354 e. The molecule has 1 aliphatic heterocycles. The average molecular weight is 524 g/mol. The first-order valence-electron chi connectivity index (χ1n) is 13.2. The average Bonchev–Trinajstić information content (AvgIpc) is 3.48. The Morgan fingerprint density at radius 1 is 0.775 bits per heavy atom. The second-order valence-electron chi connectivity index (χ2n) is 9.87. The maximum atomic E-state index is 9.10. The van der Waals surface area contributed by atoms with Gasteiger partial charge in [-0.25, -0.2) is 24.9 Å². The first-order valence-corrected chi connectivity index (χ1v) is 13.2. The number of nitrogens with zero attached hydrogens (tertiary/aromatic N) is 8. The van der Waals surface area contributed by atoms with Crippen LogP contribution in [-0.2, 0) is 6.54 Å². The topological polar surface area (TPSA) is 111 Å². The summed E-state index contributed by atoms with van der Waals surface area (Å²) < 4.78 is 0. The molecule has 194 valence electrons. The summed E-state index contributed by atoms with van der Waals surface area (Å²) in [5.74, 6) is 1.03. The quantitative estimate of drug-likeness (QED) is 0.342. The Kier molecular flexibility index (Phi) is 6.07. The van der Waals surface area contributed by atoms with E-state index in [1.807, 2.05) is 42.5 Å². The molecule has 0 bridgehead atoms. The molecular formula is C31H25N9. The van der Waals surface area contributed by atoms with E-state index in [1.54, 1.807) is 12.5 Å². The number of anilines is 1. The van der Waals surface area contributed by atoms with Gasteiger partial charge in [-0.2, -0.15) is 5.26 Å². The van der Waals surface area contributed by atoms with Crippen molar-refractivity contribution in [1.29, 1.82) is 5.26 Å². The van der Waals surface area contributed by atoms with Gasteiger partial charge in [-0.1, -0.05) is 54.6 Å². The minimum atomic E-state index is 0.210. The third-order valence-electron chi connectivity index (χ3n) is 7.35. The molecule has 3 aromatic carbocycles. The minimum absolute atomic E-state index is 0.210. The number of imidazole rings is 1. The molecule has 1 aliphatic rings. The molecular weight excluding hydrogens is 498 g/mol. The lowest BCUT2D eigenvalue weighted by molar-refractivity contribution is 0.249. The normalized spacial score (nSPS) is 14.0. The van der Waals surface area contributed by atoms with Crippen molar-refractivity contribution in [2.24, 2.45) is 0 Å². The van der Waals surface area contributed by atoms with E-state index in [0.717, 1.165) is 83.1 Å². The number of hydrogen-bond acceptors (Lipinski definition) is 8. The Balaban J connectivity index is 1.13. The van der Waals surface area contributed by atoms with Gasteiger partial charge in [-0.15, -0.1) is 0 Å². The van der Waals surface area contributed by atoms with Gasteiger partial charge in [0.1, 0.15) is 18.2 Å². The number of nitriles is 1. The summed E-state index contributed by atoms with van der Waals surface area (Å²) in [7, 11) is 0. The molecule has 6 aromatic rings. The summed E-state index contributed by atoms with van der Waals surface area (Å²) >= 11 is 0. The standard InChI is InChI=1S/C31H25N9/c32-18-28-33-11-10-29(38-28)40-14-12-39(13-15-40)19-21-6-8-23(9-7-21)31-30(22-4-2-1-3-5-22)36-26-16-24-25(35-20-34-24)17-27(26)37-31/h1-11,16-17,20,37H,12-15,19H2. The lowest BCUT2D eigenvalue weighted by Gasteiger charge is -2.35. The fourth-order valence-corrected chi connectivity index (χ4v) is 5.25. The first kappa shape index (κ1) is 23.9. The largest absolute Gasteiger partial charge is 0.354 e. The molecule has 0 unspecified atom stereocenters. The molecule has 7 rings (SSSR count). The number of aromatic amines is 1. The van der Waals surface area contributed by atoms with Crippen LogP contribution in [0.3, 0.4) is 0 Å². The maximum Gasteiger partial charge on any atom is 0.234 e. The van der Waals surface area contributed by atoms with E-state index in [9.17, 15) is 0 Å². The highest BCUT2D eigenvalue weighted by Gasteiger charge is 2.19. The van der Waals surface area contributed by atoms with Crippen molar-refractivity contribution in [3.8, 4) is 28.6 Å². The van der Waals surface area contributed by atoms with Crippen LogP contribution < -0.4 is 4.90 Å². The molecule has 0 saturated carbocycles. The molecule has 9 heteroatoms. The summed E-state index contributed by atoms with van der Waals surface area (Å²) in [5, 5.41) is 9.10. The van der Waals surface area contributed by atoms with Crippen molar-refractivity contribution < 1.29 is 0 Å². The van der Waals surface area contributed by atoms with Crippen molar-refractivity contribution in [2.45, 2.75) is 6.54 Å². The summed E-state index contributed by atoms with van der Waals surface area (Å²) in [6.45, 7) is 4.44. The van der Waals surface area contributed by atoms with Crippen LogP contribution in [0.15, 0.2) is 85.3 Å². The van der Waals surface area contributed by atoms with E-state index >= 15 is 0 Å². The molecule has 9 nitrogen and oxygen atoms in total. The summed E-state index contributed by atoms with van der Waals surface area (Å²) in [5.41, 5.74) is 8.74. The molecule has 0 radical (unpaired) electrons. The molecule has 1 fully saturated rings. The zero-order valence-corrected chi connectivity index (χ0v) is 21.7. The smallest absolute Gasteiger partial charge is 0.234 e. The summed E-state index contributed by atoms with van der Waals surface area (Å²) in [4.78, 5) is 30.4. The number of rotatable bonds is 5. The Morgan fingerprint density at radius 3 is 2.33 bits per heavy atom. The number of aromatic nitrogens is 6. The molecule has 4 heterocycles. The highest BCUT2D eigenvalue weighted by Crippen LogP contribution is 2.32. The zero-order chi connectivity index (χ0) is 26.9. The van der Waals surface area contributed by atoms with Crippen molar-refractivity contribution >= 4 is 27.9 Å². The van der Waals surface area contributed by atoms with Crippen LogP contribution in [0.2, 0.25) is 0 Å². The SMILES string of the molecule is N#Cc1nccc(N2CCN(Cc3ccc(-c4[nH]c5cc6ncnc6cc5nc4-c4ccccc4)cc3)CC2)n1. The first-order chi connectivity index (χ1) is 19.7. The predicted molar refractivity (Wildman–Crippen MR) is 154 cm³/mol. The zero-order valence-electron chi connectivity index (χ0n) is 21.7. The molecule has 3 aromatic heterocycles. The van der Waals surface area contributed by atoms with Gasteiger partial charge in [-0.05, 0) is 23.8 Å². The fourth-order valence-electron chi connectivity index (χ4n) is 5.25. The van der Waals surface area contributed by atoms with Gasteiger partial charge in [0.15, 0.2) is 0 Å². The van der Waals surface area contributed by atoms with Crippen LogP contribution in [0, 0.1) is 11.3 Å². The summed E-state index contributed by atoms with van der Waals surface area (Å²) in [6, 6.07) is 26.9. The number of nitrogens with one attached hydrogen (secondary N) is 1. The number of benzene rings is 3. The van der Waals surface area contributed by atoms with Crippen LogP contribution in [0.5, 0.6) is 0 Å². The maximum absolute atomic E-state index is 9.10. The fraction of sp³-hybridized carbons (Fsp3) is 0.161. The van der Waals surface area contributed by atoms with E-state index in [2.05, 4.69) is 71.1 Å². The highest BCUT2D eigenvalue weighted by molar-refractivity contribution is 5.94. The van der Waals surface area contributed by atoms with Crippen LogP contribution in [0.1, 0.15) is 11.4 Å². The Morgan fingerprint density at radius 2 is 1.55 bits per heavy atom. The third kappa shape index (κ3) is 4.61. The van der Waals surface area contributed by atoms with E-state index in [1.165, 1.54) is 5.56 Å². The predicted octanol–water partition coefficient (Wildman–Crippen LogP) is 4.82. The van der Waals surface area contributed by atoms with E-state index < -0.39 is 0 Å². The number of hydrogen-bond donors (Lipinski definition) is 1. The van der Waals surface area contributed by atoms with Gasteiger partial charge >= 0.3 is 0 Å². The highest BCUT2D eigenvalue weighted by atomic mass is 15.3. The molecule has 0 atom stereocenters. The van der Waals surface area contributed by atoms with Gasteiger partial charge < -0.3 is 9.88 Å². The lowest BCUT2D eigenvalue weighted by Crippen LogP contribution is -2.46. The Bertz CT molecular complexity index is 1850. The van der Waals surface area contributed by atoms with E-state index in [0.29, 0.717) is 0 Å². The van der Waals surface area contributed by atoms with Gasteiger partial charge in [0, 0.05) is 50.0 Å². The van der Waals surface area contributed by atoms with Gasteiger partial charge in [-0.3, -0.25) is 4.90 Å². The van der Waals surface area contributed by atoms with Crippen LogP contribution in [0.4, 0.5) is 5.82 Å². The van der Waals surface area contributed by atoms with Crippen molar-refractivity contribution in [1.82, 2.24) is 34.8 Å². The second-order valence-corrected chi connectivity index (χ2v) is 9.87. The number of piperazine rings is 1. The lowest BCUT2D eigenvalue weighted by atomic mass is 10.0. The van der Waals surface area contributed by atoms with Crippen molar-refractivity contribution in [3.05, 3.63) is 96.7 Å². The molecule has 0 aliphatic carbocycles. The third-order valence-corrected chi connectivity index (χ3v) is 7.35. The summed E-state index contributed by atoms with van der Waals surface area (Å²) in [6.07, 6.45) is 3.23. The molecule has 40 heavy (non-hydrogen) atoms. The van der Waals surface area contributed by atoms with Gasteiger partial charge in [0.25, 0.3) is 0 Å². The van der Waals surface area contributed by atoms with Crippen LogP contribution >= 0.6 is 0 Å². The Labute approximate surface area is 230 Å². The molecule has 0 spiro atoms. The molecule has 1 saturated heterocycles. The molecule has 0 amide bonds. The van der Waals surface area contributed by atoms with Crippen molar-refractivity contribution in [3.63, 3.8) is 0 Å².